The molecule has 0 heterocycles. The van der Waals surface area contributed by atoms with Crippen LogP contribution in [0.5, 0.6) is 0 Å². The van der Waals surface area contributed by atoms with Crippen LogP contribution in [0.2, 0.25) is 0 Å². The van der Waals surface area contributed by atoms with Gasteiger partial charge in [-0.15, -0.1) is 0 Å². The largest absolute Gasteiger partial charge is 0.329 e. The van der Waals surface area contributed by atoms with Crippen molar-refractivity contribution in [2.45, 2.75) is 70.4 Å². The van der Waals surface area contributed by atoms with Gasteiger partial charge in [-0.05, 0) is 51.0 Å². The Morgan fingerprint density at radius 2 is 1.88 bits per heavy atom. The summed E-state index contributed by atoms with van der Waals surface area (Å²) in [7, 11) is 0. The summed E-state index contributed by atoms with van der Waals surface area (Å²) in [5, 5.41) is 0. The molecule has 2 aliphatic rings. The minimum atomic E-state index is 0.357. The maximum absolute atomic E-state index is 6.16. The quantitative estimate of drug-likeness (QED) is 0.687. The Morgan fingerprint density at radius 3 is 2.25 bits per heavy atom. The standard InChI is InChI=1S/C14H28N2/c1-3-5-10-16(13-8-9-13)14(4-2,11-15)12-6-7-12/h12-13H,3-11,15H2,1-2H3. The van der Waals surface area contributed by atoms with Crippen LogP contribution in [0.25, 0.3) is 0 Å². The average molecular weight is 224 g/mol. The SMILES string of the molecule is CCCCN(C1CC1)C(CC)(CN)C1CC1. The molecular formula is C14H28N2. The van der Waals surface area contributed by atoms with Gasteiger partial charge in [0, 0.05) is 18.1 Å². The zero-order chi connectivity index (χ0) is 11.6. The highest BCUT2D eigenvalue weighted by atomic mass is 15.3. The fourth-order valence-electron chi connectivity index (χ4n) is 3.26. The van der Waals surface area contributed by atoms with E-state index in [9.17, 15) is 0 Å². The molecule has 0 aliphatic heterocycles. The molecule has 1 atom stereocenters. The summed E-state index contributed by atoms with van der Waals surface area (Å²) < 4.78 is 0. The van der Waals surface area contributed by atoms with Gasteiger partial charge >= 0.3 is 0 Å². The summed E-state index contributed by atoms with van der Waals surface area (Å²) in [6, 6.07) is 0.871. The monoisotopic (exact) mass is 224 g/mol. The van der Waals surface area contributed by atoms with Gasteiger partial charge in [-0.25, -0.2) is 0 Å². The first kappa shape index (κ1) is 12.4. The second-order valence-electron chi connectivity index (χ2n) is 5.71. The third-order valence-corrected chi connectivity index (χ3v) is 4.62. The van der Waals surface area contributed by atoms with Gasteiger partial charge in [0.15, 0.2) is 0 Å². The van der Waals surface area contributed by atoms with Gasteiger partial charge in [0.1, 0.15) is 0 Å². The molecule has 2 aliphatic carbocycles. The highest BCUT2D eigenvalue weighted by Gasteiger charge is 2.50. The van der Waals surface area contributed by atoms with Gasteiger partial charge in [0.05, 0.1) is 0 Å². The van der Waals surface area contributed by atoms with Crippen LogP contribution in [0, 0.1) is 5.92 Å². The van der Waals surface area contributed by atoms with Crippen LogP contribution < -0.4 is 5.73 Å². The molecule has 2 fully saturated rings. The Bertz CT molecular complexity index is 215. The lowest BCUT2D eigenvalue weighted by atomic mass is 9.87. The van der Waals surface area contributed by atoms with E-state index in [4.69, 9.17) is 5.73 Å². The van der Waals surface area contributed by atoms with Crippen molar-refractivity contribution in [3.8, 4) is 0 Å². The topological polar surface area (TPSA) is 29.3 Å². The molecule has 0 bridgehead atoms. The summed E-state index contributed by atoms with van der Waals surface area (Å²) >= 11 is 0. The van der Waals surface area contributed by atoms with Crippen LogP contribution in [0.1, 0.15) is 58.8 Å². The lowest BCUT2D eigenvalue weighted by Crippen LogP contribution is -2.56. The van der Waals surface area contributed by atoms with Crippen molar-refractivity contribution >= 4 is 0 Å². The van der Waals surface area contributed by atoms with E-state index < -0.39 is 0 Å². The number of rotatable bonds is 8. The Morgan fingerprint density at radius 1 is 1.19 bits per heavy atom. The summed E-state index contributed by atoms with van der Waals surface area (Å²) in [4.78, 5) is 2.80. The molecule has 0 amide bonds. The smallest absolute Gasteiger partial charge is 0.0360 e. The van der Waals surface area contributed by atoms with E-state index in [-0.39, 0.29) is 0 Å². The fraction of sp³-hybridized carbons (Fsp3) is 1.00. The van der Waals surface area contributed by atoms with Gasteiger partial charge in [-0.3, -0.25) is 4.90 Å². The third-order valence-electron chi connectivity index (χ3n) is 4.62. The number of hydrogen-bond acceptors (Lipinski definition) is 2. The highest BCUT2D eigenvalue weighted by Crippen LogP contribution is 2.48. The second kappa shape index (κ2) is 5.05. The summed E-state index contributed by atoms with van der Waals surface area (Å²) in [6.45, 7) is 6.78. The molecule has 1 unspecified atom stereocenters. The molecule has 0 aromatic rings. The Balaban J connectivity index is 2.06. The lowest BCUT2D eigenvalue weighted by Gasteiger charge is -2.44. The molecule has 16 heavy (non-hydrogen) atoms. The average Bonchev–Trinajstić information content (AvgIpc) is 3.17. The minimum absolute atomic E-state index is 0.357. The molecule has 0 radical (unpaired) electrons. The predicted octanol–water partition coefficient (Wildman–Crippen LogP) is 2.77. The van der Waals surface area contributed by atoms with Gasteiger partial charge in [-0.2, -0.15) is 0 Å². The highest BCUT2D eigenvalue weighted by molar-refractivity contribution is 5.06. The molecule has 2 heteroatoms. The molecule has 0 aromatic carbocycles. The van der Waals surface area contributed by atoms with Gasteiger partial charge in [0.25, 0.3) is 0 Å². The van der Waals surface area contributed by atoms with Crippen molar-refractivity contribution in [3.05, 3.63) is 0 Å². The first-order valence-electron chi connectivity index (χ1n) is 7.25. The molecule has 2 nitrogen and oxygen atoms in total. The zero-order valence-electron chi connectivity index (χ0n) is 11.0. The maximum Gasteiger partial charge on any atom is 0.0360 e. The van der Waals surface area contributed by atoms with E-state index in [0.717, 1.165) is 18.5 Å². The van der Waals surface area contributed by atoms with Crippen LogP contribution >= 0.6 is 0 Å². The lowest BCUT2D eigenvalue weighted by molar-refractivity contribution is 0.0581. The Labute approximate surface area is 101 Å². The summed E-state index contributed by atoms with van der Waals surface area (Å²) in [6.07, 6.45) is 9.55. The van der Waals surface area contributed by atoms with E-state index >= 15 is 0 Å². The third kappa shape index (κ3) is 2.28. The zero-order valence-corrected chi connectivity index (χ0v) is 11.0. The molecule has 0 saturated heterocycles. The van der Waals surface area contributed by atoms with Gasteiger partial charge < -0.3 is 5.73 Å². The van der Waals surface area contributed by atoms with Crippen molar-refractivity contribution in [1.29, 1.82) is 0 Å². The molecule has 0 aromatic heterocycles. The van der Waals surface area contributed by atoms with Crippen molar-refractivity contribution < 1.29 is 0 Å². The summed E-state index contributed by atoms with van der Waals surface area (Å²) in [5.41, 5.74) is 6.51. The van der Waals surface area contributed by atoms with E-state index in [1.165, 1.54) is 51.5 Å². The number of nitrogens with two attached hydrogens (primary N) is 1. The van der Waals surface area contributed by atoms with Crippen LogP contribution in [0.15, 0.2) is 0 Å². The van der Waals surface area contributed by atoms with Crippen molar-refractivity contribution in [1.82, 2.24) is 4.90 Å². The maximum atomic E-state index is 6.16. The van der Waals surface area contributed by atoms with E-state index in [1.807, 2.05) is 0 Å². The molecule has 2 N–H and O–H groups in total. The Hall–Kier alpha value is -0.0800. The molecule has 2 rings (SSSR count). The molecule has 94 valence electrons. The number of hydrogen-bond donors (Lipinski definition) is 1. The molecular weight excluding hydrogens is 196 g/mol. The number of nitrogens with zero attached hydrogens (tertiary/aromatic N) is 1. The first-order valence-corrected chi connectivity index (χ1v) is 7.25. The fourth-order valence-corrected chi connectivity index (χ4v) is 3.26. The van der Waals surface area contributed by atoms with Crippen LogP contribution in [-0.2, 0) is 0 Å². The van der Waals surface area contributed by atoms with Gasteiger partial charge in [0.2, 0.25) is 0 Å². The predicted molar refractivity (Wildman–Crippen MR) is 69.4 cm³/mol. The number of unbranched alkanes of at least 4 members (excludes halogenated alkanes) is 1. The van der Waals surface area contributed by atoms with Crippen LogP contribution in [0.4, 0.5) is 0 Å². The first-order chi connectivity index (χ1) is 7.78. The van der Waals surface area contributed by atoms with Crippen LogP contribution in [-0.4, -0.2) is 29.6 Å². The second-order valence-corrected chi connectivity index (χ2v) is 5.71. The van der Waals surface area contributed by atoms with Crippen molar-refractivity contribution in [2.75, 3.05) is 13.1 Å². The van der Waals surface area contributed by atoms with Crippen molar-refractivity contribution in [2.24, 2.45) is 11.7 Å². The van der Waals surface area contributed by atoms with Crippen molar-refractivity contribution in [3.63, 3.8) is 0 Å². The van der Waals surface area contributed by atoms with Crippen LogP contribution in [0.3, 0.4) is 0 Å². The normalized spacial score (nSPS) is 24.8. The molecule has 0 spiro atoms. The van der Waals surface area contributed by atoms with E-state index in [0.29, 0.717) is 5.54 Å². The molecule has 2 saturated carbocycles. The van der Waals surface area contributed by atoms with Gasteiger partial charge in [-0.1, -0.05) is 20.3 Å². The Kier molecular flexibility index (Phi) is 3.91. The summed E-state index contributed by atoms with van der Waals surface area (Å²) in [5.74, 6) is 0.903. The van der Waals surface area contributed by atoms with E-state index in [2.05, 4.69) is 18.7 Å². The van der Waals surface area contributed by atoms with E-state index in [1.54, 1.807) is 0 Å². The minimum Gasteiger partial charge on any atom is -0.329 e.